The fourth-order valence-corrected chi connectivity index (χ4v) is 2.84. The van der Waals surface area contributed by atoms with E-state index < -0.39 is 10.8 Å². The Hall–Kier alpha value is -3.42. The molecule has 0 radical (unpaired) electrons. The van der Waals surface area contributed by atoms with Crippen LogP contribution in [0.25, 0.3) is 0 Å². The molecular weight excluding hydrogens is 350 g/mol. The molecule has 0 aliphatic carbocycles. The normalized spacial score (nSPS) is 14.1. The van der Waals surface area contributed by atoms with Crippen LogP contribution in [-0.2, 0) is 9.59 Å². The van der Waals surface area contributed by atoms with Gasteiger partial charge in [-0.3, -0.25) is 24.6 Å². The molecule has 0 saturated heterocycles. The van der Waals surface area contributed by atoms with Gasteiger partial charge in [-0.1, -0.05) is 37.3 Å². The predicted molar refractivity (Wildman–Crippen MR) is 98.8 cm³/mol. The number of anilines is 1. The van der Waals surface area contributed by atoms with E-state index >= 15 is 0 Å². The zero-order chi connectivity index (χ0) is 19.4. The predicted octanol–water partition coefficient (Wildman–Crippen LogP) is 2.24. The summed E-state index contributed by atoms with van der Waals surface area (Å²) in [4.78, 5) is 36.2. The van der Waals surface area contributed by atoms with Crippen molar-refractivity contribution in [2.75, 3.05) is 24.6 Å². The van der Waals surface area contributed by atoms with E-state index in [1.54, 1.807) is 0 Å². The van der Waals surface area contributed by atoms with Crippen LogP contribution >= 0.6 is 0 Å². The number of fused-ring (bicyclic) bond motifs is 1. The number of nitrogens with zero attached hydrogens (tertiary/aromatic N) is 2. The molecule has 8 heteroatoms. The van der Waals surface area contributed by atoms with Gasteiger partial charge in [0, 0.05) is 18.7 Å². The largest absolute Gasteiger partial charge is 0.482 e. The van der Waals surface area contributed by atoms with Gasteiger partial charge in [0.2, 0.25) is 5.91 Å². The molecule has 0 saturated carbocycles. The number of ether oxygens (including phenoxy) is 1. The first kappa shape index (κ1) is 18.4. The van der Waals surface area contributed by atoms with Gasteiger partial charge < -0.3 is 10.1 Å². The third kappa shape index (κ3) is 4.22. The molecule has 2 aromatic rings. The van der Waals surface area contributed by atoms with Gasteiger partial charge in [-0.25, -0.2) is 0 Å². The van der Waals surface area contributed by atoms with Gasteiger partial charge in [0.25, 0.3) is 11.6 Å². The van der Waals surface area contributed by atoms with Crippen molar-refractivity contribution >= 4 is 23.2 Å². The molecule has 2 amide bonds. The maximum absolute atomic E-state index is 12.3. The van der Waals surface area contributed by atoms with Gasteiger partial charge in [0.05, 0.1) is 10.6 Å². The number of hydrogen-bond acceptors (Lipinski definition) is 5. The van der Waals surface area contributed by atoms with Crippen LogP contribution in [0.1, 0.15) is 18.4 Å². The quantitative estimate of drug-likeness (QED) is 0.621. The van der Waals surface area contributed by atoms with Crippen molar-refractivity contribution in [2.45, 2.75) is 12.8 Å². The zero-order valence-electron chi connectivity index (χ0n) is 14.8. The van der Waals surface area contributed by atoms with E-state index in [0.717, 1.165) is 5.56 Å². The maximum Gasteiger partial charge on any atom is 0.271 e. The molecule has 0 fully saturated rings. The minimum absolute atomic E-state index is 0.115. The molecule has 0 bridgehead atoms. The van der Waals surface area contributed by atoms with Crippen LogP contribution in [0.4, 0.5) is 11.4 Å². The standard InChI is InChI=1S/C19H19N3O5/c1-13(14-5-3-2-4-6-14)10-20-18(23)11-21-16-9-15(22(25)26)7-8-17(16)27-12-19(21)24/h2-9,13H,10-12H2,1H3,(H,20,23)/t13-/m0/s1. The minimum atomic E-state index is -0.556. The highest BCUT2D eigenvalue weighted by Gasteiger charge is 2.29. The Morgan fingerprint density at radius 2 is 2.04 bits per heavy atom. The monoisotopic (exact) mass is 369 g/mol. The van der Waals surface area contributed by atoms with Crippen LogP contribution in [-0.4, -0.2) is 36.4 Å². The Bertz CT molecular complexity index is 869. The number of rotatable bonds is 6. The molecule has 8 nitrogen and oxygen atoms in total. The van der Waals surface area contributed by atoms with Gasteiger partial charge in [-0.15, -0.1) is 0 Å². The Labute approximate surface area is 155 Å². The molecular formula is C19H19N3O5. The highest BCUT2D eigenvalue weighted by Crippen LogP contribution is 2.35. The summed E-state index contributed by atoms with van der Waals surface area (Å²) in [5, 5.41) is 13.8. The molecule has 1 atom stereocenters. The molecule has 0 unspecified atom stereocenters. The average molecular weight is 369 g/mol. The number of carbonyl (C=O) groups is 2. The van der Waals surface area contributed by atoms with Crippen molar-refractivity contribution in [1.29, 1.82) is 0 Å². The number of amides is 2. The lowest BCUT2D eigenvalue weighted by Gasteiger charge is -2.28. The van der Waals surface area contributed by atoms with E-state index in [2.05, 4.69) is 5.32 Å². The molecule has 0 aromatic heterocycles. The van der Waals surface area contributed by atoms with Gasteiger partial charge in [-0.2, -0.15) is 0 Å². The van der Waals surface area contributed by atoms with E-state index in [0.29, 0.717) is 12.3 Å². The van der Waals surface area contributed by atoms with E-state index in [9.17, 15) is 19.7 Å². The summed E-state index contributed by atoms with van der Waals surface area (Å²) in [6.07, 6.45) is 0. The maximum atomic E-state index is 12.3. The lowest BCUT2D eigenvalue weighted by Crippen LogP contribution is -2.45. The number of hydrogen-bond donors (Lipinski definition) is 1. The van der Waals surface area contributed by atoms with E-state index in [4.69, 9.17) is 4.74 Å². The number of nitro benzene ring substituents is 1. The summed E-state index contributed by atoms with van der Waals surface area (Å²) < 4.78 is 5.29. The summed E-state index contributed by atoms with van der Waals surface area (Å²) >= 11 is 0. The Morgan fingerprint density at radius 3 is 2.74 bits per heavy atom. The van der Waals surface area contributed by atoms with Crippen LogP contribution < -0.4 is 15.0 Å². The number of carbonyl (C=O) groups excluding carboxylic acids is 2. The summed E-state index contributed by atoms with van der Waals surface area (Å²) in [5.41, 5.74) is 1.16. The second-order valence-corrected chi connectivity index (χ2v) is 6.29. The third-order valence-corrected chi connectivity index (χ3v) is 4.37. The van der Waals surface area contributed by atoms with Gasteiger partial charge in [0.1, 0.15) is 12.3 Å². The first-order valence-electron chi connectivity index (χ1n) is 8.49. The summed E-state index contributed by atoms with van der Waals surface area (Å²) in [6.45, 7) is 1.98. The topological polar surface area (TPSA) is 102 Å². The number of benzene rings is 2. The molecule has 1 aliphatic rings. The highest BCUT2D eigenvalue weighted by atomic mass is 16.6. The van der Waals surface area contributed by atoms with E-state index in [1.807, 2.05) is 37.3 Å². The first-order chi connectivity index (χ1) is 13.0. The van der Waals surface area contributed by atoms with Crippen molar-refractivity contribution in [3.8, 4) is 5.75 Å². The second-order valence-electron chi connectivity index (χ2n) is 6.29. The van der Waals surface area contributed by atoms with Crippen molar-refractivity contribution in [1.82, 2.24) is 5.32 Å². The molecule has 140 valence electrons. The third-order valence-electron chi connectivity index (χ3n) is 4.37. The second kappa shape index (κ2) is 7.86. The molecule has 1 heterocycles. The molecule has 1 aliphatic heterocycles. The van der Waals surface area contributed by atoms with Gasteiger partial charge >= 0.3 is 0 Å². The number of non-ortho nitro benzene ring substituents is 1. The molecule has 1 N–H and O–H groups in total. The van der Waals surface area contributed by atoms with E-state index in [-0.39, 0.29) is 36.4 Å². The molecule has 2 aromatic carbocycles. The lowest BCUT2D eigenvalue weighted by atomic mass is 10.0. The molecule has 0 spiro atoms. The van der Waals surface area contributed by atoms with Crippen LogP contribution in [0.2, 0.25) is 0 Å². The van der Waals surface area contributed by atoms with Gasteiger partial charge in [0.15, 0.2) is 6.61 Å². The SMILES string of the molecule is C[C@@H](CNC(=O)CN1C(=O)COc2ccc([N+](=O)[O-])cc21)c1ccccc1. The Morgan fingerprint density at radius 1 is 1.30 bits per heavy atom. The number of nitrogens with one attached hydrogen (secondary N) is 1. The minimum Gasteiger partial charge on any atom is -0.482 e. The fourth-order valence-electron chi connectivity index (χ4n) is 2.84. The van der Waals surface area contributed by atoms with Crippen molar-refractivity contribution in [2.24, 2.45) is 0 Å². The van der Waals surface area contributed by atoms with Crippen LogP contribution in [0, 0.1) is 10.1 Å². The van der Waals surface area contributed by atoms with Crippen molar-refractivity contribution < 1.29 is 19.2 Å². The Kier molecular flexibility index (Phi) is 5.35. The van der Waals surface area contributed by atoms with E-state index in [1.165, 1.54) is 23.1 Å². The summed E-state index contributed by atoms with van der Waals surface area (Å²) in [6, 6.07) is 13.7. The average Bonchev–Trinajstić information content (AvgIpc) is 2.68. The Balaban J connectivity index is 1.68. The van der Waals surface area contributed by atoms with Crippen LogP contribution in [0.3, 0.4) is 0 Å². The first-order valence-corrected chi connectivity index (χ1v) is 8.49. The van der Waals surface area contributed by atoms with Crippen LogP contribution in [0.5, 0.6) is 5.75 Å². The smallest absolute Gasteiger partial charge is 0.271 e. The molecule has 3 rings (SSSR count). The fraction of sp³-hybridized carbons (Fsp3) is 0.263. The summed E-state index contributed by atoms with van der Waals surface area (Å²) in [7, 11) is 0. The number of nitro groups is 1. The van der Waals surface area contributed by atoms with Crippen molar-refractivity contribution in [3.05, 3.63) is 64.2 Å². The van der Waals surface area contributed by atoms with Gasteiger partial charge in [-0.05, 0) is 17.5 Å². The zero-order valence-corrected chi connectivity index (χ0v) is 14.8. The van der Waals surface area contributed by atoms with Crippen LogP contribution in [0.15, 0.2) is 48.5 Å². The lowest BCUT2D eigenvalue weighted by molar-refractivity contribution is -0.384. The highest BCUT2D eigenvalue weighted by molar-refractivity contribution is 6.02. The summed E-state index contributed by atoms with van der Waals surface area (Å²) in [5.74, 6) is -0.311. The van der Waals surface area contributed by atoms with Crippen molar-refractivity contribution in [3.63, 3.8) is 0 Å². The molecule has 27 heavy (non-hydrogen) atoms.